The first-order valence-electron chi connectivity index (χ1n) is 2.53. The largest absolute Gasteiger partial charge is 0.478 e. The van der Waals surface area contributed by atoms with Crippen molar-refractivity contribution < 1.29 is 19.5 Å². The van der Waals surface area contributed by atoms with Gasteiger partial charge in [-0.1, -0.05) is 5.16 Å². The summed E-state index contributed by atoms with van der Waals surface area (Å²) in [6, 6.07) is 0. The predicted molar refractivity (Wildman–Crippen MR) is 29.4 cm³/mol. The summed E-state index contributed by atoms with van der Waals surface area (Å²) >= 11 is 0. The second-order valence-corrected chi connectivity index (χ2v) is 1.63. The molecule has 1 heterocycles. The molecule has 0 aliphatic heterocycles. The number of carboxylic acid groups (broad SMARTS) is 1. The Kier molecular flexibility index (Phi) is 1.68. The van der Waals surface area contributed by atoms with Crippen LogP contribution in [0.2, 0.25) is 0 Å². The second kappa shape index (κ2) is 2.49. The van der Waals surface area contributed by atoms with Crippen LogP contribution >= 0.6 is 0 Å². The summed E-state index contributed by atoms with van der Waals surface area (Å²) in [6.07, 6.45) is 1.05. The zero-order chi connectivity index (χ0) is 7.56. The van der Waals surface area contributed by atoms with E-state index >= 15 is 0 Å². The molecule has 5 nitrogen and oxygen atoms in total. The summed E-state index contributed by atoms with van der Waals surface area (Å²) in [4.78, 5) is 10.2. The Morgan fingerprint density at radius 1 is 1.80 bits per heavy atom. The Bertz CT molecular complexity index is 242. The van der Waals surface area contributed by atoms with Crippen molar-refractivity contribution in [2.45, 2.75) is 6.61 Å². The van der Waals surface area contributed by atoms with E-state index in [4.69, 9.17) is 10.2 Å². The summed E-state index contributed by atoms with van der Waals surface area (Å²) in [7, 11) is 0. The first-order chi connectivity index (χ1) is 4.75. The first kappa shape index (κ1) is 6.76. The molecular formula is C5H5NO4. The molecule has 0 bridgehead atoms. The van der Waals surface area contributed by atoms with Crippen molar-refractivity contribution in [1.29, 1.82) is 0 Å². The van der Waals surface area contributed by atoms with E-state index in [9.17, 15) is 4.79 Å². The Morgan fingerprint density at radius 2 is 2.50 bits per heavy atom. The zero-order valence-corrected chi connectivity index (χ0v) is 4.94. The van der Waals surface area contributed by atoms with Crippen LogP contribution in [0.15, 0.2) is 10.7 Å². The number of carboxylic acids is 1. The van der Waals surface area contributed by atoms with Crippen LogP contribution in [0.3, 0.4) is 0 Å². The fourth-order valence-corrected chi connectivity index (χ4v) is 0.552. The van der Waals surface area contributed by atoms with Gasteiger partial charge in [-0.3, -0.25) is 0 Å². The molecule has 1 aromatic rings. The number of aromatic nitrogens is 1. The topological polar surface area (TPSA) is 83.6 Å². The van der Waals surface area contributed by atoms with E-state index in [0.717, 1.165) is 6.20 Å². The number of hydrogen-bond donors (Lipinski definition) is 2. The lowest BCUT2D eigenvalue weighted by molar-refractivity contribution is 0.0690. The van der Waals surface area contributed by atoms with Crippen LogP contribution in [-0.2, 0) is 6.61 Å². The molecule has 0 spiro atoms. The van der Waals surface area contributed by atoms with Gasteiger partial charge >= 0.3 is 5.97 Å². The molecule has 0 aliphatic carbocycles. The van der Waals surface area contributed by atoms with E-state index in [0.29, 0.717) is 0 Å². The summed E-state index contributed by atoms with van der Waals surface area (Å²) in [5.74, 6) is -1.17. The van der Waals surface area contributed by atoms with Crippen LogP contribution in [0.5, 0.6) is 0 Å². The van der Waals surface area contributed by atoms with Crippen molar-refractivity contribution in [3.05, 3.63) is 17.5 Å². The van der Waals surface area contributed by atoms with Crippen LogP contribution in [0.1, 0.15) is 16.1 Å². The summed E-state index contributed by atoms with van der Waals surface area (Å²) in [5, 5.41) is 20.0. The number of carbonyl (C=O) groups is 1. The quantitative estimate of drug-likeness (QED) is 0.602. The van der Waals surface area contributed by atoms with Gasteiger partial charge in [0, 0.05) is 0 Å². The molecular weight excluding hydrogens is 138 g/mol. The smallest absolute Gasteiger partial charge is 0.341 e. The molecule has 0 aliphatic rings. The molecule has 54 valence electrons. The maximum Gasteiger partial charge on any atom is 0.341 e. The van der Waals surface area contributed by atoms with Gasteiger partial charge < -0.3 is 14.7 Å². The van der Waals surface area contributed by atoms with Gasteiger partial charge in [-0.2, -0.15) is 0 Å². The Morgan fingerprint density at radius 3 is 2.90 bits per heavy atom. The van der Waals surface area contributed by atoms with Gasteiger partial charge in [0.15, 0.2) is 5.76 Å². The van der Waals surface area contributed by atoms with Gasteiger partial charge in [-0.25, -0.2) is 4.79 Å². The molecule has 1 aromatic heterocycles. The lowest BCUT2D eigenvalue weighted by Gasteiger charge is -1.87. The lowest BCUT2D eigenvalue weighted by Crippen LogP contribution is -1.97. The minimum absolute atomic E-state index is 0.0208. The monoisotopic (exact) mass is 143 g/mol. The third kappa shape index (κ3) is 0.985. The van der Waals surface area contributed by atoms with E-state index < -0.39 is 12.6 Å². The first-order valence-corrected chi connectivity index (χ1v) is 2.53. The van der Waals surface area contributed by atoms with Crippen LogP contribution in [0.4, 0.5) is 0 Å². The molecule has 0 saturated carbocycles. The Labute approximate surface area is 55.9 Å². The van der Waals surface area contributed by atoms with Crippen molar-refractivity contribution >= 4 is 5.97 Å². The second-order valence-electron chi connectivity index (χ2n) is 1.63. The van der Waals surface area contributed by atoms with E-state index in [-0.39, 0.29) is 11.3 Å². The van der Waals surface area contributed by atoms with Crippen LogP contribution in [0.25, 0.3) is 0 Å². The van der Waals surface area contributed by atoms with Crippen molar-refractivity contribution in [1.82, 2.24) is 5.16 Å². The number of aliphatic hydroxyl groups excluding tert-OH is 1. The molecule has 0 atom stereocenters. The average Bonchev–Trinajstić information content (AvgIpc) is 2.33. The predicted octanol–water partition coefficient (Wildman–Crippen LogP) is -0.135. The maximum atomic E-state index is 10.2. The van der Waals surface area contributed by atoms with E-state index in [1.165, 1.54) is 0 Å². The Hall–Kier alpha value is -1.36. The van der Waals surface area contributed by atoms with Gasteiger partial charge in [-0.05, 0) is 0 Å². The normalized spacial score (nSPS) is 9.70. The van der Waals surface area contributed by atoms with Gasteiger partial charge in [0.2, 0.25) is 0 Å². The summed E-state index contributed by atoms with van der Waals surface area (Å²) in [6.45, 7) is -0.443. The van der Waals surface area contributed by atoms with Gasteiger partial charge in [0.25, 0.3) is 0 Å². The fourth-order valence-electron chi connectivity index (χ4n) is 0.552. The van der Waals surface area contributed by atoms with E-state index in [1.807, 2.05) is 0 Å². The van der Waals surface area contributed by atoms with E-state index in [2.05, 4.69) is 9.68 Å². The van der Waals surface area contributed by atoms with Gasteiger partial charge in [0.05, 0.1) is 6.20 Å². The molecule has 0 fully saturated rings. The zero-order valence-electron chi connectivity index (χ0n) is 4.94. The molecule has 0 aromatic carbocycles. The Balaban J connectivity index is 3.01. The van der Waals surface area contributed by atoms with Crippen molar-refractivity contribution in [3.8, 4) is 0 Å². The number of rotatable bonds is 2. The van der Waals surface area contributed by atoms with E-state index in [1.54, 1.807) is 0 Å². The highest BCUT2D eigenvalue weighted by molar-refractivity contribution is 5.88. The molecule has 5 heteroatoms. The highest BCUT2D eigenvalue weighted by atomic mass is 16.5. The molecule has 0 amide bonds. The molecule has 10 heavy (non-hydrogen) atoms. The number of aliphatic hydroxyl groups is 1. The summed E-state index contributed by atoms with van der Waals surface area (Å²) in [5.41, 5.74) is -0.0949. The number of nitrogens with zero attached hydrogens (tertiary/aromatic N) is 1. The molecule has 0 radical (unpaired) electrons. The third-order valence-corrected chi connectivity index (χ3v) is 1.02. The van der Waals surface area contributed by atoms with Gasteiger partial charge in [-0.15, -0.1) is 0 Å². The van der Waals surface area contributed by atoms with Crippen LogP contribution in [0, 0.1) is 0 Å². The van der Waals surface area contributed by atoms with Crippen LogP contribution in [-0.4, -0.2) is 21.3 Å². The van der Waals surface area contributed by atoms with Crippen LogP contribution < -0.4 is 0 Å². The third-order valence-electron chi connectivity index (χ3n) is 1.02. The molecule has 2 N–H and O–H groups in total. The highest BCUT2D eigenvalue weighted by Crippen LogP contribution is 2.06. The van der Waals surface area contributed by atoms with Gasteiger partial charge in [0.1, 0.15) is 12.2 Å². The van der Waals surface area contributed by atoms with Crippen molar-refractivity contribution in [3.63, 3.8) is 0 Å². The standard InChI is InChI=1S/C5H5NO4/c7-2-4-3(5(8)9)1-6-10-4/h1,7H,2H2,(H,8,9). The molecule has 0 unspecified atom stereocenters. The minimum atomic E-state index is -1.15. The fraction of sp³-hybridized carbons (Fsp3) is 0.200. The molecule has 0 saturated heterocycles. The SMILES string of the molecule is O=C(O)c1cnoc1CO. The highest BCUT2D eigenvalue weighted by Gasteiger charge is 2.12. The van der Waals surface area contributed by atoms with Crippen molar-refractivity contribution in [2.24, 2.45) is 0 Å². The minimum Gasteiger partial charge on any atom is -0.478 e. The average molecular weight is 143 g/mol. The number of aromatic carboxylic acids is 1. The lowest BCUT2D eigenvalue weighted by atomic mass is 10.3. The number of hydrogen-bond acceptors (Lipinski definition) is 4. The summed E-state index contributed by atoms with van der Waals surface area (Å²) < 4.78 is 4.39. The van der Waals surface area contributed by atoms with Crippen molar-refractivity contribution in [2.75, 3.05) is 0 Å². The molecule has 1 rings (SSSR count). The maximum absolute atomic E-state index is 10.2.